The molecule has 3 rings (SSSR count). The van der Waals surface area contributed by atoms with Crippen molar-refractivity contribution >= 4 is 5.70 Å². The van der Waals surface area contributed by atoms with Crippen molar-refractivity contribution in [2.24, 2.45) is 0 Å². The molecule has 2 aliphatic rings. The lowest BCUT2D eigenvalue weighted by Crippen LogP contribution is -2.32. The average Bonchev–Trinajstić information content (AvgIpc) is 2.62. The molecule has 0 spiro atoms. The van der Waals surface area contributed by atoms with Gasteiger partial charge in [-0.2, -0.15) is 0 Å². The first kappa shape index (κ1) is 14.0. The van der Waals surface area contributed by atoms with Crippen LogP contribution in [0.25, 0.3) is 5.70 Å². The lowest BCUT2D eigenvalue weighted by molar-refractivity contribution is 0.399. The number of fused-ring (bicyclic) bond motifs is 2. The second-order valence-corrected chi connectivity index (χ2v) is 5.96. The standard InChI is InChI=1S/C17H22N2O2/c1-10-8-12-6-5-7-14-13(16(12)19(3)11(10)2)9-15(21-4)17(20)18-14/h8-9,11H,5-7H2,1-4H3,(H,18,20). The molecule has 1 unspecified atom stereocenters. The lowest BCUT2D eigenvalue weighted by Gasteiger charge is -2.35. The van der Waals surface area contributed by atoms with Crippen LogP contribution in [-0.2, 0) is 6.42 Å². The minimum atomic E-state index is -0.140. The summed E-state index contributed by atoms with van der Waals surface area (Å²) in [5.74, 6) is 0.384. The number of aryl methyl sites for hydroxylation is 1. The van der Waals surface area contributed by atoms with Crippen LogP contribution in [0, 0.1) is 0 Å². The first-order chi connectivity index (χ1) is 10.0. The van der Waals surface area contributed by atoms with Crippen LogP contribution in [0.15, 0.2) is 28.1 Å². The molecule has 4 heteroatoms. The van der Waals surface area contributed by atoms with Gasteiger partial charge in [0.2, 0.25) is 0 Å². The van der Waals surface area contributed by atoms with Gasteiger partial charge in [-0.1, -0.05) is 11.6 Å². The van der Waals surface area contributed by atoms with Crippen LogP contribution in [0.3, 0.4) is 0 Å². The molecule has 4 nitrogen and oxygen atoms in total. The summed E-state index contributed by atoms with van der Waals surface area (Å²) in [6.07, 6.45) is 5.31. The van der Waals surface area contributed by atoms with E-state index in [1.54, 1.807) is 7.11 Å². The van der Waals surface area contributed by atoms with E-state index in [0.717, 1.165) is 30.5 Å². The van der Waals surface area contributed by atoms with E-state index in [9.17, 15) is 4.79 Å². The van der Waals surface area contributed by atoms with Crippen molar-refractivity contribution in [2.45, 2.75) is 39.2 Å². The number of allylic oxidation sites excluding steroid dienone is 2. The van der Waals surface area contributed by atoms with Crippen LogP contribution in [-0.4, -0.2) is 30.1 Å². The normalized spacial score (nSPS) is 21.4. The molecule has 1 N–H and O–H groups in total. The summed E-state index contributed by atoms with van der Waals surface area (Å²) < 4.78 is 5.21. The van der Waals surface area contributed by atoms with Gasteiger partial charge in [0.1, 0.15) is 0 Å². The van der Waals surface area contributed by atoms with Crippen LogP contribution >= 0.6 is 0 Å². The number of aromatic amines is 1. The number of pyridine rings is 1. The van der Waals surface area contributed by atoms with E-state index in [1.807, 2.05) is 6.07 Å². The number of methoxy groups -OCH3 is 1. The van der Waals surface area contributed by atoms with Gasteiger partial charge in [0.15, 0.2) is 5.75 Å². The zero-order valence-electron chi connectivity index (χ0n) is 13.1. The predicted molar refractivity (Wildman–Crippen MR) is 84.5 cm³/mol. The highest BCUT2D eigenvalue weighted by molar-refractivity contribution is 5.74. The van der Waals surface area contributed by atoms with E-state index in [2.05, 4.69) is 36.9 Å². The molecule has 0 radical (unpaired) electrons. The Morgan fingerprint density at radius 2 is 2.14 bits per heavy atom. The molecule has 1 atom stereocenters. The lowest BCUT2D eigenvalue weighted by atomic mass is 9.94. The number of ether oxygens (including phenoxy) is 1. The number of hydrogen-bond donors (Lipinski definition) is 1. The highest BCUT2D eigenvalue weighted by atomic mass is 16.5. The molecule has 1 aliphatic carbocycles. The third-order valence-corrected chi connectivity index (χ3v) is 4.74. The van der Waals surface area contributed by atoms with E-state index in [4.69, 9.17) is 4.74 Å². The number of H-pyrrole nitrogens is 1. The summed E-state index contributed by atoms with van der Waals surface area (Å²) in [4.78, 5) is 17.3. The summed E-state index contributed by atoms with van der Waals surface area (Å²) >= 11 is 0. The van der Waals surface area contributed by atoms with Crippen molar-refractivity contribution < 1.29 is 4.74 Å². The second kappa shape index (κ2) is 5.10. The zero-order valence-corrected chi connectivity index (χ0v) is 13.1. The minimum Gasteiger partial charge on any atom is -0.491 e. The van der Waals surface area contributed by atoms with Gasteiger partial charge in [0, 0.05) is 30.0 Å². The molecular formula is C17H22N2O2. The Morgan fingerprint density at radius 3 is 2.86 bits per heavy atom. The summed E-state index contributed by atoms with van der Waals surface area (Å²) in [6.45, 7) is 4.40. The number of rotatable bonds is 1. The van der Waals surface area contributed by atoms with Crippen molar-refractivity contribution in [1.82, 2.24) is 9.88 Å². The fourth-order valence-corrected chi connectivity index (χ4v) is 3.31. The van der Waals surface area contributed by atoms with Gasteiger partial charge in [0.05, 0.1) is 7.11 Å². The number of nitrogens with one attached hydrogen (secondary N) is 1. The van der Waals surface area contributed by atoms with Crippen molar-refractivity contribution in [2.75, 3.05) is 14.2 Å². The van der Waals surface area contributed by atoms with Crippen LogP contribution < -0.4 is 10.3 Å². The fourth-order valence-electron chi connectivity index (χ4n) is 3.31. The number of likely N-dealkylation sites (N-methyl/N-ethyl adjacent to an activating group) is 1. The smallest absolute Gasteiger partial charge is 0.290 e. The Hall–Kier alpha value is -1.97. The van der Waals surface area contributed by atoms with E-state index in [-0.39, 0.29) is 5.56 Å². The fraction of sp³-hybridized carbons (Fsp3) is 0.471. The van der Waals surface area contributed by atoms with Gasteiger partial charge in [0.25, 0.3) is 5.56 Å². The maximum absolute atomic E-state index is 12.0. The van der Waals surface area contributed by atoms with Crippen molar-refractivity contribution in [1.29, 1.82) is 0 Å². The van der Waals surface area contributed by atoms with Gasteiger partial charge in [-0.15, -0.1) is 0 Å². The number of aromatic nitrogens is 1. The van der Waals surface area contributed by atoms with Gasteiger partial charge in [-0.05, 0) is 44.7 Å². The third-order valence-electron chi connectivity index (χ3n) is 4.74. The zero-order chi connectivity index (χ0) is 15.1. The average molecular weight is 286 g/mol. The molecule has 1 aliphatic heterocycles. The summed E-state index contributed by atoms with van der Waals surface area (Å²) in [6, 6.07) is 2.26. The Balaban J connectivity index is 2.25. The first-order valence-electron chi connectivity index (χ1n) is 7.47. The monoisotopic (exact) mass is 286 g/mol. The van der Waals surface area contributed by atoms with Crippen molar-refractivity contribution in [3.05, 3.63) is 44.9 Å². The third kappa shape index (κ3) is 2.19. The molecule has 0 amide bonds. The molecule has 0 bridgehead atoms. The summed E-state index contributed by atoms with van der Waals surface area (Å²) in [5, 5.41) is 0. The molecule has 21 heavy (non-hydrogen) atoms. The minimum absolute atomic E-state index is 0.140. The molecule has 112 valence electrons. The largest absolute Gasteiger partial charge is 0.491 e. The summed E-state index contributed by atoms with van der Waals surface area (Å²) in [7, 11) is 3.67. The van der Waals surface area contributed by atoms with Gasteiger partial charge >= 0.3 is 0 Å². The number of hydrogen-bond acceptors (Lipinski definition) is 3. The SMILES string of the molecule is COc1cc2c([nH]c1=O)CCCC1=C2N(C)C(C)C(C)=C1. The predicted octanol–water partition coefficient (Wildman–Crippen LogP) is 2.71. The van der Waals surface area contributed by atoms with Crippen molar-refractivity contribution in [3.63, 3.8) is 0 Å². The van der Waals surface area contributed by atoms with Crippen LogP contribution in [0.2, 0.25) is 0 Å². The van der Waals surface area contributed by atoms with Crippen LogP contribution in [0.5, 0.6) is 5.75 Å². The molecule has 0 aromatic carbocycles. The number of nitrogens with zero attached hydrogens (tertiary/aromatic N) is 1. The molecule has 1 aromatic heterocycles. The first-order valence-corrected chi connectivity index (χ1v) is 7.47. The Morgan fingerprint density at radius 1 is 1.38 bits per heavy atom. The topological polar surface area (TPSA) is 45.3 Å². The maximum atomic E-state index is 12.0. The van der Waals surface area contributed by atoms with Gasteiger partial charge in [-0.25, -0.2) is 0 Å². The second-order valence-electron chi connectivity index (χ2n) is 5.96. The van der Waals surface area contributed by atoms with Gasteiger partial charge in [-0.3, -0.25) is 4.79 Å². The Kier molecular flexibility index (Phi) is 3.40. The van der Waals surface area contributed by atoms with E-state index < -0.39 is 0 Å². The highest BCUT2D eigenvalue weighted by Crippen LogP contribution is 2.38. The molecular weight excluding hydrogens is 264 g/mol. The van der Waals surface area contributed by atoms with Crippen molar-refractivity contribution in [3.8, 4) is 5.75 Å². The molecule has 2 heterocycles. The van der Waals surface area contributed by atoms with Crippen LogP contribution in [0.1, 0.15) is 37.9 Å². The Labute approximate surface area is 125 Å². The van der Waals surface area contributed by atoms with E-state index >= 15 is 0 Å². The summed E-state index contributed by atoms with van der Waals surface area (Å²) in [5.41, 5.74) is 5.97. The van der Waals surface area contributed by atoms with E-state index in [1.165, 1.54) is 16.8 Å². The quantitative estimate of drug-likeness (QED) is 0.863. The Bertz CT molecular complexity index is 697. The maximum Gasteiger partial charge on any atom is 0.290 e. The van der Waals surface area contributed by atoms with Gasteiger partial charge < -0.3 is 14.6 Å². The van der Waals surface area contributed by atoms with Crippen LogP contribution in [0.4, 0.5) is 0 Å². The molecule has 0 saturated carbocycles. The molecule has 0 saturated heterocycles. The molecule has 1 aromatic rings. The highest BCUT2D eigenvalue weighted by Gasteiger charge is 2.27. The molecule has 0 fully saturated rings. The van der Waals surface area contributed by atoms with E-state index in [0.29, 0.717) is 11.8 Å².